The second kappa shape index (κ2) is 8.78. The van der Waals surface area contributed by atoms with Gasteiger partial charge >= 0.3 is 0 Å². The van der Waals surface area contributed by atoms with E-state index in [2.05, 4.69) is 19.2 Å². The number of nitrogens with zero attached hydrogens (tertiary/aromatic N) is 1. The first-order valence-corrected chi connectivity index (χ1v) is 11.6. The molecule has 0 spiro atoms. The molecule has 6 nitrogen and oxygen atoms in total. The summed E-state index contributed by atoms with van der Waals surface area (Å²) in [6.07, 6.45) is 1.00. The summed E-state index contributed by atoms with van der Waals surface area (Å²) in [6.45, 7) is 8.90. The van der Waals surface area contributed by atoms with Gasteiger partial charge in [-0.2, -0.15) is 4.31 Å². The fraction of sp³-hybridized carbons (Fsp3) is 0.435. The Bertz CT molecular complexity index is 1020. The van der Waals surface area contributed by atoms with E-state index in [1.54, 1.807) is 12.1 Å². The van der Waals surface area contributed by atoms with Crippen LogP contribution in [0.1, 0.15) is 41.8 Å². The van der Waals surface area contributed by atoms with Crippen LogP contribution >= 0.6 is 0 Å². The van der Waals surface area contributed by atoms with Gasteiger partial charge in [0.15, 0.2) is 0 Å². The lowest BCUT2D eigenvalue weighted by Crippen LogP contribution is -2.42. The second-order valence-corrected chi connectivity index (χ2v) is 10.3. The number of piperidine rings is 1. The molecule has 0 saturated carbocycles. The number of carbonyl (C=O) groups is 1. The van der Waals surface area contributed by atoms with E-state index in [0.29, 0.717) is 13.1 Å². The Morgan fingerprint density at radius 3 is 2.23 bits per heavy atom. The fourth-order valence-corrected chi connectivity index (χ4v) is 6.02. The quantitative estimate of drug-likeness (QED) is 0.770. The average molecular weight is 431 g/mol. The van der Waals surface area contributed by atoms with Crippen LogP contribution in [-0.4, -0.2) is 38.8 Å². The van der Waals surface area contributed by atoms with E-state index < -0.39 is 10.0 Å². The first-order chi connectivity index (χ1) is 14.1. The van der Waals surface area contributed by atoms with E-state index >= 15 is 0 Å². The average Bonchev–Trinajstić information content (AvgIpc) is 2.69. The van der Waals surface area contributed by atoms with Crippen molar-refractivity contribution < 1.29 is 17.9 Å². The van der Waals surface area contributed by atoms with E-state index in [1.165, 1.54) is 17.5 Å². The van der Waals surface area contributed by atoms with Gasteiger partial charge in [-0.25, -0.2) is 8.42 Å². The number of methoxy groups -OCH3 is 1. The number of carbonyl (C=O) groups excluding carboxylic acids is 1. The summed E-state index contributed by atoms with van der Waals surface area (Å²) in [5.74, 6) is 0.450. The molecular weight excluding hydrogens is 400 g/mol. The van der Waals surface area contributed by atoms with Gasteiger partial charge in [0.2, 0.25) is 10.0 Å². The number of para-hydroxylation sites is 1. The Kier molecular flexibility index (Phi) is 6.53. The number of aryl methyl sites for hydroxylation is 2. The first kappa shape index (κ1) is 22.3. The van der Waals surface area contributed by atoms with Crippen molar-refractivity contribution in [2.75, 3.05) is 25.5 Å². The van der Waals surface area contributed by atoms with Gasteiger partial charge in [-0.05, 0) is 61.4 Å². The molecule has 1 heterocycles. The summed E-state index contributed by atoms with van der Waals surface area (Å²) in [6, 6.07) is 10.3. The number of rotatable bonds is 5. The molecule has 1 saturated heterocycles. The second-order valence-electron chi connectivity index (χ2n) is 8.35. The zero-order valence-corrected chi connectivity index (χ0v) is 19.0. The number of hydrogen-bond acceptors (Lipinski definition) is 4. The maximum Gasteiger partial charge on any atom is 0.255 e. The molecule has 2 aromatic carbocycles. The molecule has 0 bridgehead atoms. The molecule has 162 valence electrons. The molecule has 1 amide bonds. The standard InChI is InChI=1S/C23H30N2O4S/c1-15-11-16(2)14-25(13-15)30(27,28)21-12-19(9-10-20(21)29-5)23(26)24-22-17(3)7-6-8-18(22)4/h6-10,12,15-16H,11,13-14H2,1-5H3,(H,24,26). The molecule has 0 aliphatic carbocycles. The van der Waals surface area contributed by atoms with Gasteiger partial charge in [-0.3, -0.25) is 4.79 Å². The highest BCUT2D eigenvalue weighted by Crippen LogP contribution is 2.32. The van der Waals surface area contributed by atoms with Crippen molar-refractivity contribution in [1.29, 1.82) is 0 Å². The van der Waals surface area contributed by atoms with Crippen molar-refractivity contribution in [2.45, 2.75) is 39.0 Å². The topological polar surface area (TPSA) is 75.7 Å². The van der Waals surface area contributed by atoms with Crippen LogP contribution in [0.2, 0.25) is 0 Å². The van der Waals surface area contributed by atoms with Crippen LogP contribution in [0.15, 0.2) is 41.3 Å². The van der Waals surface area contributed by atoms with Crippen molar-refractivity contribution in [3.05, 3.63) is 53.1 Å². The van der Waals surface area contributed by atoms with Crippen LogP contribution < -0.4 is 10.1 Å². The van der Waals surface area contributed by atoms with E-state index in [4.69, 9.17) is 4.74 Å². The lowest BCUT2D eigenvalue weighted by molar-refractivity contribution is 0.102. The van der Waals surface area contributed by atoms with Crippen LogP contribution in [-0.2, 0) is 10.0 Å². The van der Waals surface area contributed by atoms with Crippen LogP contribution in [0.5, 0.6) is 5.75 Å². The fourth-order valence-electron chi connectivity index (χ4n) is 4.16. The van der Waals surface area contributed by atoms with Crippen LogP contribution in [0.3, 0.4) is 0 Å². The third-order valence-electron chi connectivity index (χ3n) is 5.60. The molecule has 2 unspecified atom stereocenters. The van der Waals surface area contributed by atoms with Crippen LogP contribution in [0, 0.1) is 25.7 Å². The van der Waals surface area contributed by atoms with E-state index in [9.17, 15) is 13.2 Å². The van der Waals surface area contributed by atoms with Crippen molar-refractivity contribution in [2.24, 2.45) is 11.8 Å². The highest BCUT2D eigenvalue weighted by Gasteiger charge is 2.34. The third kappa shape index (κ3) is 4.52. The third-order valence-corrected chi connectivity index (χ3v) is 7.45. The number of ether oxygens (including phenoxy) is 1. The summed E-state index contributed by atoms with van der Waals surface area (Å²) in [4.78, 5) is 12.9. The van der Waals surface area contributed by atoms with Gasteiger partial charge in [-0.1, -0.05) is 32.0 Å². The van der Waals surface area contributed by atoms with Gasteiger partial charge in [0, 0.05) is 24.3 Å². The predicted octanol–water partition coefficient (Wildman–Crippen LogP) is 4.23. The van der Waals surface area contributed by atoms with Gasteiger partial charge in [0.1, 0.15) is 10.6 Å². The zero-order chi connectivity index (χ0) is 22.1. The number of amides is 1. The van der Waals surface area contributed by atoms with Gasteiger partial charge < -0.3 is 10.1 Å². The minimum absolute atomic E-state index is 0.0282. The number of sulfonamides is 1. The highest BCUT2D eigenvalue weighted by molar-refractivity contribution is 7.89. The van der Waals surface area contributed by atoms with Gasteiger partial charge in [0.05, 0.1) is 7.11 Å². The van der Waals surface area contributed by atoms with Crippen molar-refractivity contribution >= 4 is 21.6 Å². The minimum atomic E-state index is -3.79. The lowest BCUT2D eigenvalue weighted by Gasteiger charge is -2.34. The van der Waals surface area contributed by atoms with Crippen LogP contribution in [0.4, 0.5) is 5.69 Å². The summed E-state index contributed by atoms with van der Waals surface area (Å²) in [5, 5.41) is 2.92. The number of benzene rings is 2. The molecule has 0 radical (unpaired) electrons. The normalized spacial score (nSPS) is 20.0. The van der Waals surface area contributed by atoms with Crippen molar-refractivity contribution in [3.8, 4) is 5.75 Å². The molecule has 1 fully saturated rings. The van der Waals surface area contributed by atoms with Crippen molar-refractivity contribution in [3.63, 3.8) is 0 Å². The lowest BCUT2D eigenvalue weighted by atomic mass is 9.94. The summed E-state index contributed by atoms with van der Waals surface area (Å²) < 4.78 is 33.7. The molecule has 2 aromatic rings. The number of nitrogens with one attached hydrogen (secondary N) is 1. The van der Waals surface area contributed by atoms with Crippen molar-refractivity contribution in [1.82, 2.24) is 4.31 Å². The Labute approximate surface area is 179 Å². The molecule has 30 heavy (non-hydrogen) atoms. The van der Waals surface area contributed by atoms with E-state index in [1.807, 2.05) is 32.0 Å². The molecule has 2 atom stereocenters. The Balaban J connectivity index is 1.96. The predicted molar refractivity (Wildman–Crippen MR) is 119 cm³/mol. The Morgan fingerprint density at radius 2 is 1.67 bits per heavy atom. The summed E-state index contributed by atoms with van der Waals surface area (Å²) in [7, 11) is -2.35. The summed E-state index contributed by atoms with van der Waals surface area (Å²) in [5.41, 5.74) is 2.90. The molecule has 0 aromatic heterocycles. The smallest absolute Gasteiger partial charge is 0.255 e. The first-order valence-electron chi connectivity index (χ1n) is 10.2. The molecule has 1 aliphatic heterocycles. The van der Waals surface area contributed by atoms with Gasteiger partial charge in [0.25, 0.3) is 5.91 Å². The molecule has 7 heteroatoms. The SMILES string of the molecule is COc1ccc(C(=O)Nc2c(C)cccc2C)cc1S(=O)(=O)N1CC(C)CC(C)C1. The van der Waals surface area contributed by atoms with E-state index in [0.717, 1.165) is 23.2 Å². The van der Waals surface area contributed by atoms with E-state index in [-0.39, 0.29) is 34.0 Å². The molecular formula is C23H30N2O4S. The number of hydrogen-bond donors (Lipinski definition) is 1. The minimum Gasteiger partial charge on any atom is -0.495 e. The number of anilines is 1. The highest BCUT2D eigenvalue weighted by atomic mass is 32.2. The van der Waals surface area contributed by atoms with Crippen LogP contribution in [0.25, 0.3) is 0 Å². The molecule has 1 N–H and O–H groups in total. The van der Waals surface area contributed by atoms with Gasteiger partial charge in [-0.15, -0.1) is 0 Å². The molecule has 3 rings (SSSR count). The Morgan fingerprint density at radius 1 is 1.07 bits per heavy atom. The summed E-state index contributed by atoms with van der Waals surface area (Å²) >= 11 is 0. The Hall–Kier alpha value is -2.38. The maximum atomic E-state index is 13.4. The zero-order valence-electron chi connectivity index (χ0n) is 18.2. The monoisotopic (exact) mass is 430 g/mol. The maximum absolute atomic E-state index is 13.4. The largest absolute Gasteiger partial charge is 0.495 e. The molecule has 1 aliphatic rings.